The van der Waals surface area contributed by atoms with Crippen LogP contribution in [-0.2, 0) is 50.3 Å². The molecule has 12 aromatic carbocycles. The third-order valence-corrected chi connectivity index (χ3v) is 34.1. The lowest BCUT2D eigenvalue weighted by atomic mass is 9.85. The Labute approximate surface area is 885 Å². The minimum Gasteiger partial charge on any atom is -0.456 e. The van der Waals surface area contributed by atoms with Gasteiger partial charge in [0.25, 0.3) is 5.82 Å². The van der Waals surface area contributed by atoms with Gasteiger partial charge in [-0.2, -0.15) is 9.47 Å². The first-order chi connectivity index (χ1) is 71.1. The van der Waals surface area contributed by atoms with Gasteiger partial charge in [-0.1, -0.05) is 225 Å². The zero-order valence-electron chi connectivity index (χ0n) is 93.3. The van der Waals surface area contributed by atoms with Crippen LogP contribution in [0.1, 0.15) is 255 Å². The number of para-hydroxylation sites is 10. The minimum absolute atomic E-state index is 0.0517. The predicted octanol–water partition coefficient (Wildman–Crippen LogP) is 31.0. The number of hydrogen-bond acceptors (Lipinski definition) is 12. The molecule has 19 aromatic rings. The lowest BCUT2D eigenvalue weighted by Gasteiger charge is -2.42. The molecule has 0 fully saturated rings. The number of hydrogen-bond donors (Lipinski definition) is 0. The van der Waals surface area contributed by atoms with Gasteiger partial charge in [-0.3, -0.25) is 4.90 Å². The van der Waals surface area contributed by atoms with Gasteiger partial charge in [0, 0.05) is 64.0 Å². The van der Waals surface area contributed by atoms with Crippen LogP contribution in [0.25, 0.3) is 98.4 Å². The smallest absolute Gasteiger partial charge is 0.371 e. The molecule has 149 heavy (non-hydrogen) atoms. The molecule has 0 aliphatic carbocycles. The molecule has 0 saturated heterocycles. The summed E-state index contributed by atoms with van der Waals surface area (Å²) in [7, 11) is 8.69. The van der Waals surface area contributed by atoms with Crippen LogP contribution in [0.4, 0.5) is 34.2 Å². The standard InChI is InChI=1S/C40H45N4O.C36H43N4O.C28H35N4O.C26H28N3S/c1-25(2)29-16-14-17-30(26(3)4)38(29)44-33-19-12-11-18-32(33)41(9)39(44)42-23-24-43(28(42)6)40(7,8)37-27(5)21-22-35-36(37)31-15-10-13-20-34(31)45-35;1-23(2)27-14-12-15-28(24(3)4)34(27)39-20-19-37(9)35(39)38-21-22-40(26(38)6)36(7,8)33-25(5)17-18-31-32(33)29-13-10-11-16-30(29)41-31;1-18(2)31-17-25(29(8)20(31)4)30-15-16-32(21(30)5)28(6,7)27-19(3)13-14-24-26(27)22-11-9-10-12-23(22)33-24;1-18-12-6-7-13-20(18)26(3,4)29-19(2)28(21-14-8-9-15-22(21)29)25-27(5)23-16-10-11-17-24(23)30-25/h10-26,28H,1-9H3;10-24,26H,1-9H3;9-18,21H,1-8H3;6-17,19H,1-5H3/q4*+1/t28-;26-;21-;19-/m1111/s1. The predicted molar refractivity (Wildman–Crippen MR) is 619 cm³/mol. The second-order valence-electron chi connectivity index (χ2n) is 45.3. The van der Waals surface area contributed by atoms with Gasteiger partial charge in [0.2, 0.25) is 5.82 Å². The zero-order valence-corrected chi connectivity index (χ0v) is 94.1. The van der Waals surface area contributed by atoms with Crippen LogP contribution in [0, 0.1) is 34.6 Å². The first kappa shape index (κ1) is 102. The second kappa shape index (κ2) is 38.9. The first-order valence-corrected chi connectivity index (χ1v) is 54.4. The minimum atomic E-state index is -0.324. The Morgan fingerprint density at radius 2 is 0.765 bits per heavy atom. The van der Waals surface area contributed by atoms with Crippen LogP contribution in [-0.4, -0.2) is 53.1 Å². The van der Waals surface area contributed by atoms with E-state index < -0.39 is 0 Å². The van der Waals surface area contributed by atoms with Gasteiger partial charge in [0.15, 0.2) is 30.4 Å². The van der Waals surface area contributed by atoms with E-state index in [1.54, 1.807) is 0 Å². The van der Waals surface area contributed by atoms with E-state index in [0.29, 0.717) is 29.7 Å². The van der Waals surface area contributed by atoms with Crippen molar-refractivity contribution in [2.45, 2.75) is 263 Å². The van der Waals surface area contributed by atoms with E-state index in [1.165, 1.54) is 160 Å². The van der Waals surface area contributed by atoms with E-state index in [9.17, 15) is 0 Å². The molecule has 18 nitrogen and oxygen atoms in total. The molecule has 0 unspecified atom stereocenters. The lowest BCUT2D eigenvalue weighted by Crippen LogP contribution is -2.51. The molecular weight excluding hydrogens is 1850 g/mol. The fraction of sp³-hybridized carbons (Fsp3) is 0.338. The average molecular weight is 2000 g/mol. The van der Waals surface area contributed by atoms with Crippen LogP contribution >= 0.6 is 11.3 Å². The summed E-state index contributed by atoms with van der Waals surface area (Å²) in [5.74, 6) is 6.35. The number of rotatable bonds is 19. The van der Waals surface area contributed by atoms with Crippen LogP contribution < -0.4 is 42.8 Å². The highest BCUT2D eigenvalue weighted by atomic mass is 32.1. The molecular formula is C130H151N15O3S+4. The van der Waals surface area contributed by atoms with E-state index in [0.717, 1.165) is 45.4 Å². The van der Waals surface area contributed by atoms with E-state index >= 15 is 0 Å². The number of thiazole rings is 1. The van der Waals surface area contributed by atoms with Crippen LogP contribution in [0.15, 0.2) is 312 Å². The largest absolute Gasteiger partial charge is 0.456 e. The highest BCUT2D eigenvalue weighted by Crippen LogP contribution is 2.54. The SMILES string of the molecule is Cc1ccc2oc3ccccc3c2c1C(C)(C)N1C=CN(c2c[n+](C(C)C)c(C)n2C)[C@H]1C.Cc1ccc2oc3ccccc3c2c1C(C)(C)N1C=CN(c2n(-c3c(C(C)C)cccc3C(C)C)c3ccccc3[n+]2C)[C@H]1C.Cc1ccc2oc3ccccc3c2c1C(C)(C)N1C=CN(c2n(-c3c(C(C)C)cccc3C(C)C)cc[n+]2C)[C@H]1C.Cc1ccccc1C(C)(C)N1c2ccccc2N(c2sc3ccccc3[n+]2C)[C@H]1C. The first-order valence-electron chi connectivity index (χ1n) is 53.6. The number of aryl methyl sites for hydroxylation is 7. The van der Waals surface area contributed by atoms with Crippen molar-refractivity contribution < 1.29 is 31.5 Å². The van der Waals surface area contributed by atoms with Gasteiger partial charge >= 0.3 is 17.0 Å². The van der Waals surface area contributed by atoms with Gasteiger partial charge in [-0.25, -0.2) is 37.2 Å². The highest BCUT2D eigenvalue weighted by Gasteiger charge is 2.51. The van der Waals surface area contributed by atoms with Gasteiger partial charge in [-0.15, -0.1) is 0 Å². The third kappa shape index (κ3) is 16.9. The summed E-state index contributed by atoms with van der Waals surface area (Å²) >= 11 is 1.86. The van der Waals surface area contributed by atoms with E-state index in [2.05, 4.69) is 567 Å². The highest BCUT2D eigenvalue weighted by molar-refractivity contribution is 7.21. The number of benzene rings is 12. The molecule has 0 N–H and O–H groups in total. The van der Waals surface area contributed by atoms with E-state index in [4.69, 9.17) is 13.3 Å². The quantitative estimate of drug-likeness (QED) is 0.0724. The number of nitrogens with zero attached hydrogens (tertiary/aromatic N) is 15. The fourth-order valence-electron chi connectivity index (χ4n) is 25.6. The van der Waals surface area contributed by atoms with E-state index in [-0.39, 0.29) is 46.8 Å². The normalized spacial score (nSPS) is 16.1. The maximum absolute atomic E-state index is 6.34. The molecule has 766 valence electrons. The van der Waals surface area contributed by atoms with Crippen molar-refractivity contribution in [3.63, 3.8) is 0 Å². The van der Waals surface area contributed by atoms with E-state index in [1.807, 2.05) is 29.5 Å². The van der Waals surface area contributed by atoms with Crippen molar-refractivity contribution >= 4 is 133 Å². The van der Waals surface area contributed by atoms with Gasteiger partial charge in [0.1, 0.15) is 73.8 Å². The zero-order chi connectivity index (χ0) is 106. The van der Waals surface area contributed by atoms with Gasteiger partial charge < -0.3 is 32.9 Å². The summed E-state index contributed by atoms with van der Waals surface area (Å²) in [6.45, 7) is 61.9. The Bertz CT molecular complexity index is 8400. The van der Waals surface area contributed by atoms with Gasteiger partial charge in [-0.05, 0) is 299 Å². The Kier molecular flexibility index (Phi) is 26.5. The Hall–Kier alpha value is -14.6. The van der Waals surface area contributed by atoms with Crippen molar-refractivity contribution in [3.05, 3.63) is 371 Å². The summed E-state index contributed by atoms with van der Waals surface area (Å²) in [6.07, 6.45) is 20.7. The molecule has 23 rings (SSSR count). The number of fused-ring (bicyclic) bond motifs is 12. The second-order valence-corrected chi connectivity index (χ2v) is 46.3. The molecule has 0 spiro atoms. The number of imidazole rings is 3. The molecule has 7 aromatic heterocycles. The van der Waals surface area contributed by atoms with Crippen molar-refractivity contribution in [1.82, 2.24) is 28.4 Å². The Morgan fingerprint density at radius 1 is 0.362 bits per heavy atom. The Balaban J connectivity index is 0.000000122. The summed E-state index contributed by atoms with van der Waals surface area (Å²) in [6, 6.07) is 87.2. The van der Waals surface area contributed by atoms with Crippen LogP contribution in [0.5, 0.6) is 0 Å². The average Bonchev–Trinajstić information content (AvgIpc) is 1.57. The van der Waals surface area contributed by atoms with Crippen LogP contribution in [0.3, 0.4) is 0 Å². The monoisotopic (exact) mass is 2000 g/mol. The van der Waals surface area contributed by atoms with Crippen molar-refractivity contribution in [3.8, 4) is 11.4 Å². The number of anilines is 6. The lowest BCUT2D eigenvalue weighted by molar-refractivity contribution is -0.721. The summed E-state index contributed by atoms with van der Waals surface area (Å²) in [5.41, 5.74) is 29.5. The summed E-state index contributed by atoms with van der Waals surface area (Å²) < 4.78 is 36.7. The molecule has 19 heteroatoms. The maximum Gasteiger partial charge on any atom is 0.371 e. The van der Waals surface area contributed by atoms with Crippen molar-refractivity contribution in [2.75, 3.05) is 24.5 Å². The summed E-state index contributed by atoms with van der Waals surface area (Å²) in [5, 5.41) is 8.44. The summed E-state index contributed by atoms with van der Waals surface area (Å²) in [4.78, 5) is 19.8. The third-order valence-electron chi connectivity index (χ3n) is 32.9. The molecule has 0 saturated carbocycles. The molecule has 0 radical (unpaired) electrons. The molecule has 4 aliphatic heterocycles. The fourth-order valence-corrected chi connectivity index (χ4v) is 26.9. The van der Waals surface area contributed by atoms with Crippen molar-refractivity contribution in [2.24, 2.45) is 28.2 Å². The number of furan rings is 3. The molecule has 4 aliphatic rings. The van der Waals surface area contributed by atoms with Crippen LogP contribution in [0.2, 0.25) is 0 Å². The molecule has 0 amide bonds. The topological polar surface area (TPSA) is 95.6 Å². The maximum atomic E-state index is 6.34. The molecule has 0 bridgehead atoms. The molecule has 11 heterocycles. The molecule has 4 atom stereocenters. The Morgan fingerprint density at radius 3 is 1.22 bits per heavy atom. The van der Waals surface area contributed by atoms with Crippen molar-refractivity contribution in [1.29, 1.82) is 0 Å². The number of aromatic nitrogens is 7. The van der Waals surface area contributed by atoms with Gasteiger partial charge in [0.05, 0.1) is 85.4 Å².